The van der Waals surface area contributed by atoms with Crippen LogP contribution in [0.3, 0.4) is 0 Å². The molecule has 5 heteroatoms. The summed E-state index contributed by atoms with van der Waals surface area (Å²) in [5.41, 5.74) is 0.864. The van der Waals surface area contributed by atoms with E-state index in [1.54, 1.807) is 27.4 Å². The number of benzene rings is 3. The highest BCUT2D eigenvalue weighted by Crippen LogP contribution is 2.39. The van der Waals surface area contributed by atoms with Gasteiger partial charge in [-0.05, 0) is 81.2 Å². The van der Waals surface area contributed by atoms with Crippen LogP contribution in [0.2, 0.25) is 0 Å². The number of hydrogen-bond donors (Lipinski definition) is 0. The molecule has 3 rings (SSSR count). The maximum absolute atomic E-state index is 11.1. The fraction of sp³-hybridized carbons (Fsp3) is 0.150. The number of methoxy groups -OCH3 is 3. The van der Waals surface area contributed by atoms with E-state index >= 15 is 0 Å². The van der Waals surface area contributed by atoms with Crippen LogP contribution in [0, 0.1) is 0 Å². The van der Waals surface area contributed by atoms with Gasteiger partial charge in [-0.3, -0.25) is 4.79 Å². The molecule has 0 aliphatic heterocycles. The lowest BCUT2D eigenvalue weighted by atomic mass is 9.96. The first-order valence-corrected chi connectivity index (χ1v) is 7.99. The van der Waals surface area contributed by atoms with E-state index in [2.05, 4.69) is 0 Å². The van der Waals surface area contributed by atoms with Gasteiger partial charge >= 0.3 is 0 Å². The third kappa shape index (κ3) is 3.26. The van der Waals surface area contributed by atoms with Crippen molar-refractivity contribution in [1.82, 2.24) is 0 Å². The van der Waals surface area contributed by atoms with Crippen LogP contribution in [0.5, 0.6) is 17.2 Å². The Balaban J connectivity index is 2.43. The van der Waals surface area contributed by atoms with Gasteiger partial charge in [0.15, 0.2) is 11.5 Å². The van der Waals surface area contributed by atoms with E-state index < -0.39 is 5.24 Å². The van der Waals surface area contributed by atoms with Gasteiger partial charge in [0.05, 0.1) is 21.3 Å². The summed E-state index contributed by atoms with van der Waals surface area (Å²) in [5, 5.41) is 3.40. The highest BCUT2D eigenvalue weighted by molar-refractivity contribution is 6.66. The number of carbonyl (C=O) groups is 1. The molecule has 0 atom stereocenters. The summed E-state index contributed by atoms with van der Waals surface area (Å²) in [7, 11) is 4.82. The zero-order chi connectivity index (χ0) is 18.0. The molecular formula is C20H17ClO4. The van der Waals surface area contributed by atoms with Crippen molar-refractivity contribution in [2.75, 3.05) is 21.3 Å². The molecule has 0 saturated heterocycles. The van der Waals surface area contributed by atoms with E-state index in [9.17, 15) is 4.79 Å². The molecule has 4 nitrogen and oxygen atoms in total. The fourth-order valence-electron chi connectivity index (χ4n) is 2.90. The molecular weight excluding hydrogens is 340 g/mol. The van der Waals surface area contributed by atoms with Crippen molar-refractivity contribution in [3.63, 3.8) is 0 Å². The fourth-order valence-corrected chi connectivity index (χ4v) is 2.96. The van der Waals surface area contributed by atoms with Gasteiger partial charge in [0.25, 0.3) is 0 Å². The normalized spacial score (nSPS) is 11.2. The lowest BCUT2D eigenvalue weighted by Gasteiger charge is -2.14. The highest BCUT2D eigenvalue weighted by atomic mass is 35.5. The van der Waals surface area contributed by atoms with Gasteiger partial charge in [0.1, 0.15) is 5.75 Å². The second kappa shape index (κ2) is 7.03. The Morgan fingerprint density at radius 1 is 0.880 bits per heavy atom. The van der Waals surface area contributed by atoms with E-state index in [4.69, 9.17) is 25.8 Å². The Morgan fingerprint density at radius 3 is 2.16 bits per heavy atom. The first kappa shape index (κ1) is 17.1. The molecule has 0 N–H and O–H groups in total. The van der Waals surface area contributed by atoms with E-state index in [1.165, 1.54) is 6.08 Å². The highest BCUT2D eigenvalue weighted by Gasteiger charge is 2.12. The third-order valence-corrected chi connectivity index (χ3v) is 4.22. The second-order valence-corrected chi connectivity index (χ2v) is 5.82. The standard InChI is InChI=1S/C20H17ClO4/c1-23-14-6-4-12-8-13(5-7-20(21)22)16-10-18(24-2)19(25-3)11-17(16)15(12)9-14/h4-11H,1-3H3/b7-5+. The molecule has 0 amide bonds. The summed E-state index contributed by atoms with van der Waals surface area (Å²) < 4.78 is 16.2. The minimum absolute atomic E-state index is 0.525. The Hall–Kier alpha value is -2.72. The summed E-state index contributed by atoms with van der Waals surface area (Å²) >= 11 is 5.46. The van der Waals surface area contributed by atoms with Crippen molar-refractivity contribution >= 4 is 44.5 Å². The van der Waals surface area contributed by atoms with E-state index in [0.29, 0.717) is 11.5 Å². The average Bonchev–Trinajstić information content (AvgIpc) is 2.64. The monoisotopic (exact) mass is 356 g/mol. The Kier molecular flexibility index (Phi) is 4.81. The molecule has 0 aliphatic carbocycles. The number of hydrogen-bond acceptors (Lipinski definition) is 4. The van der Waals surface area contributed by atoms with E-state index in [0.717, 1.165) is 32.9 Å². The van der Waals surface area contributed by atoms with Gasteiger partial charge in [-0.25, -0.2) is 0 Å². The number of halogens is 1. The first-order chi connectivity index (χ1) is 12.1. The number of rotatable bonds is 5. The molecule has 0 spiro atoms. The Bertz CT molecular complexity index is 992. The summed E-state index contributed by atoms with van der Waals surface area (Å²) in [6, 6.07) is 11.7. The van der Waals surface area contributed by atoms with Crippen LogP contribution in [0.1, 0.15) is 5.56 Å². The van der Waals surface area contributed by atoms with Gasteiger partial charge in [-0.15, -0.1) is 0 Å². The number of carbonyl (C=O) groups excluding carboxylic acids is 1. The van der Waals surface area contributed by atoms with Gasteiger partial charge in [0, 0.05) is 0 Å². The molecule has 3 aromatic rings. The molecule has 0 bridgehead atoms. The van der Waals surface area contributed by atoms with Gasteiger partial charge in [-0.2, -0.15) is 0 Å². The summed E-state index contributed by atoms with van der Waals surface area (Å²) in [5.74, 6) is 2.01. The number of ether oxygens (including phenoxy) is 3. The first-order valence-electron chi connectivity index (χ1n) is 7.61. The molecule has 0 radical (unpaired) electrons. The van der Waals surface area contributed by atoms with Crippen LogP contribution < -0.4 is 14.2 Å². The van der Waals surface area contributed by atoms with Crippen molar-refractivity contribution in [2.45, 2.75) is 0 Å². The van der Waals surface area contributed by atoms with Gasteiger partial charge in [-0.1, -0.05) is 6.07 Å². The average molecular weight is 357 g/mol. The molecule has 128 valence electrons. The predicted molar refractivity (Wildman–Crippen MR) is 101 cm³/mol. The van der Waals surface area contributed by atoms with Crippen LogP contribution in [0.4, 0.5) is 0 Å². The van der Waals surface area contributed by atoms with Gasteiger partial charge in [0.2, 0.25) is 5.24 Å². The van der Waals surface area contributed by atoms with Crippen molar-refractivity contribution < 1.29 is 19.0 Å². The molecule has 3 aromatic carbocycles. The van der Waals surface area contributed by atoms with Crippen LogP contribution >= 0.6 is 11.6 Å². The predicted octanol–water partition coefficient (Wildman–Crippen LogP) is 4.80. The van der Waals surface area contributed by atoms with Crippen molar-refractivity contribution in [3.8, 4) is 17.2 Å². The smallest absolute Gasteiger partial charge is 0.245 e. The van der Waals surface area contributed by atoms with E-state index in [1.807, 2.05) is 36.4 Å². The second-order valence-electron chi connectivity index (χ2n) is 5.44. The molecule has 0 saturated carbocycles. The van der Waals surface area contributed by atoms with Crippen LogP contribution in [0.15, 0.2) is 42.5 Å². The van der Waals surface area contributed by atoms with E-state index in [-0.39, 0.29) is 0 Å². The zero-order valence-electron chi connectivity index (χ0n) is 14.1. The molecule has 0 aliphatic rings. The van der Waals surface area contributed by atoms with Crippen molar-refractivity contribution in [1.29, 1.82) is 0 Å². The van der Waals surface area contributed by atoms with Crippen LogP contribution in [-0.4, -0.2) is 26.6 Å². The lowest BCUT2D eigenvalue weighted by Crippen LogP contribution is -1.93. The number of fused-ring (bicyclic) bond motifs is 3. The maximum atomic E-state index is 11.1. The molecule has 0 heterocycles. The topological polar surface area (TPSA) is 44.8 Å². The van der Waals surface area contributed by atoms with Crippen molar-refractivity contribution in [3.05, 3.63) is 48.0 Å². The Morgan fingerprint density at radius 2 is 1.56 bits per heavy atom. The zero-order valence-corrected chi connectivity index (χ0v) is 14.9. The lowest BCUT2D eigenvalue weighted by molar-refractivity contribution is -0.107. The quantitative estimate of drug-likeness (QED) is 0.374. The minimum atomic E-state index is -0.525. The third-order valence-electron chi connectivity index (χ3n) is 4.09. The molecule has 0 unspecified atom stereocenters. The van der Waals surface area contributed by atoms with Gasteiger partial charge < -0.3 is 14.2 Å². The summed E-state index contributed by atoms with van der Waals surface area (Å²) in [6.07, 6.45) is 3.04. The molecule has 0 fully saturated rings. The Labute approximate surface area is 150 Å². The van der Waals surface area contributed by atoms with Crippen LogP contribution in [0.25, 0.3) is 27.6 Å². The largest absolute Gasteiger partial charge is 0.497 e. The number of allylic oxidation sites excluding steroid dienone is 1. The summed E-state index contributed by atoms with van der Waals surface area (Å²) in [4.78, 5) is 11.1. The maximum Gasteiger partial charge on any atom is 0.245 e. The van der Waals surface area contributed by atoms with Crippen LogP contribution in [-0.2, 0) is 4.79 Å². The SMILES string of the molecule is COc1ccc2cc(/C=C/C(=O)Cl)c3cc(OC)c(OC)cc3c2c1. The molecule has 0 aromatic heterocycles. The molecule has 25 heavy (non-hydrogen) atoms. The van der Waals surface area contributed by atoms with Crippen molar-refractivity contribution in [2.24, 2.45) is 0 Å². The summed E-state index contributed by atoms with van der Waals surface area (Å²) in [6.45, 7) is 0. The minimum Gasteiger partial charge on any atom is -0.497 e.